The summed E-state index contributed by atoms with van der Waals surface area (Å²) in [6, 6.07) is 4.99. The number of imidazole rings is 1. The average Bonchev–Trinajstić information content (AvgIpc) is 3.09. The number of halogens is 3. The van der Waals surface area contributed by atoms with Crippen molar-refractivity contribution in [3.05, 3.63) is 50.9 Å². The number of nitrogens with one attached hydrogen (secondary N) is 2. The Labute approximate surface area is 198 Å². The van der Waals surface area contributed by atoms with Crippen molar-refractivity contribution >= 4 is 22.8 Å². The Hall–Kier alpha value is -3.57. The number of anilines is 1. The number of carbonyl (C=O) groups is 1. The zero-order chi connectivity index (χ0) is 25.8. The van der Waals surface area contributed by atoms with Crippen LogP contribution in [0.15, 0.2) is 33.9 Å². The van der Waals surface area contributed by atoms with Crippen LogP contribution in [-0.2, 0) is 24.3 Å². The molecule has 3 aromatic rings. The Morgan fingerprint density at radius 3 is 2.63 bits per heavy atom. The fraction of sp³-hybridized carbons (Fsp3) is 0.478. The van der Waals surface area contributed by atoms with Crippen LogP contribution in [0.1, 0.15) is 45.9 Å². The molecule has 2 heterocycles. The monoisotopic (exact) mass is 495 g/mol. The van der Waals surface area contributed by atoms with Gasteiger partial charge in [0.15, 0.2) is 11.2 Å². The maximum absolute atomic E-state index is 12.7. The molecule has 1 amide bonds. The highest BCUT2D eigenvalue weighted by Crippen LogP contribution is 2.25. The number of rotatable bonds is 10. The minimum Gasteiger partial charge on any atom is -0.406 e. The summed E-state index contributed by atoms with van der Waals surface area (Å²) in [5.74, 6) is -0.265. The Kier molecular flexibility index (Phi) is 8.03. The standard InChI is InChI=1S/C23H28F3N5O4/c1-4-5-11-30-20-19(21(33)29-22(30)34)31(13-14(2)3)17(28-20)9-10-18(32)27-15-7-6-8-16(12-15)35-23(24,25)26/h6-8,12,14H,4-5,9-11,13H2,1-3H3,(H,27,32)(H,29,33,34). The number of aryl methyl sites for hydroxylation is 2. The minimum absolute atomic E-state index is 0.0388. The molecule has 2 N–H and O–H groups in total. The van der Waals surface area contributed by atoms with Crippen LogP contribution in [0.3, 0.4) is 0 Å². The molecule has 0 radical (unpaired) electrons. The molecule has 0 unspecified atom stereocenters. The van der Waals surface area contributed by atoms with Crippen molar-refractivity contribution in [1.82, 2.24) is 19.1 Å². The number of fused-ring (bicyclic) bond motifs is 1. The van der Waals surface area contributed by atoms with Crippen LogP contribution in [-0.4, -0.2) is 31.4 Å². The molecule has 0 aliphatic heterocycles. The van der Waals surface area contributed by atoms with Crippen LogP contribution >= 0.6 is 0 Å². The molecule has 0 atom stereocenters. The number of aromatic nitrogens is 4. The molecule has 1 aromatic carbocycles. The van der Waals surface area contributed by atoms with Gasteiger partial charge in [-0.3, -0.25) is 19.1 Å². The quantitative estimate of drug-likeness (QED) is 0.444. The fourth-order valence-corrected chi connectivity index (χ4v) is 3.71. The molecule has 190 valence electrons. The molecule has 0 aliphatic carbocycles. The van der Waals surface area contributed by atoms with E-state index in [1.54, 1.807) is 4.57 Å². The van der Waals surface area contributed by atoms with Gasteiger partial charge in [-0.2, -0.15) is 0 Å². The van der Waals surface area contributed by atoms with E-state index in [0.717, 1.165) is 25.0 Å². The van der Waals surface area contributed by atoms with Gasteiger partial charge in [-0.15, -0.1) is 13.2 Å². The zero-order valence-corrected chi connectivity index (χ0v) is 19.7. The summed E-state index contributed by atoms with van der Waals surface area (Å²) >= 11 is 0. The minimum atomic E-state index is -4.84. The van der Waals surface area contributed by atoms with Crippen molar-refractivity contribution in [1.29, 1.82) is 0 Å². The van der Waals surface area contributed by atoms with Gasteiger partial charge in [0.1, 0.15) is 11.6 Å². The molecular weight excluding hydrogens is 467 g/mol. The van der Waals surface area contributed by atoms with Gasteiger partial charge in [0.2, 0.25) is 5.91 Å². The Balaban J connectivity index is 1.85. The van der Waals surface area contributed by atoms with E-state index in [2.05, 4.69) is 20.0 Å². The summed E-state index contributed by atoms with van der Waals surface area (Å²) in [4.78, 5) is 44.5. The number of hydrogen-bond donors (Lipinski definition) is 2. The van der Waals surface area contributed by atoms with E-state index in [1.165, 1.54) is 16.7 Å². The van der Waals surface area contributed by atoms with Crippen molar-refractivity contribution < 1.29 is 22.7 Å². The topological polar surface area (TPSA) is 111 Å². The third kappa shape index (κ3) is 6.74. The van der Waals surface area contributed by atoms with Gasteiger partial charge < -0.3 is 14.6 Å². The molecule has 0 aliphatic rings. The fourth-order valence-electron chi connectivity index (χ4n) is 3.71. The van der Waals surface area contributed by atoms with Crippen LogP contribution in [0.25, 0.3) is 11.2 Å². The summed E-state index contributed by atoms with van der Waals surface area (Å²) < 4.78 is 44.4. The number of benzene rings is 1. The van der Waals surface area contributed by atoms with E-state index in [1.807, 2.05) is 20.8 Å². The lowest BCUT2D eigenvalue weighted by molar-refractivity contribution is -0.274. The largest absolute Gasteiger partial charge is 0.573 e. The van der Waals surface area contributed by atoms with E-state index in [9.17, 15) is 27.6 Å². The highest BCUT2D eigenvalue weighted by molar-refractivity contribution is 5.91. The summed E-state index contributed by atoms with van der Waals surface area (Å²) in [5, 5.41) is 2.55. The third-order valence-electron chi connectivity index (χ3n) is 5.17. The highest BCUT2D eigenvalue weighted by atomic mass is 19.4. The number of alkyl halides is 3. The first-order valence-electron chi connectivity index (χ1n) is 11.4. The van der Waals surface area contributed by atoms with E-state index >= 15 is 0 Å². The molecule has 0 bridgehead atoms. The first-order valence-corrected chi connectivity index (χ1v) is 11.4. The highest BCUT2D eigenvalue weighted by Gasteiger charge is 2.31. The summed E-state index contributed by atoms with van der Waals surface area (Å²) in [6.07, 6.45) is -3.14. The number of amides is 1. The van der Waals surface area contributed by atoms with Gasteiger partial charge in [0, 0.05) is 37.7 Å². The first kappa shape index (κ1) is 26.0. The number of nitrogens with zero attached hydrogens (tertiary/aromatic N) is 3. The van der Waals surface area contributed by atoms with E-state index in [-0.39, 0.29) is 35.6 Å². The first-order chi connectivity index (χ1) is 16.5. The number of aromatic amines is 1. The second-order valence-electron chi connectivity index (χ2n) is 8.59. The zero-order valence-electron chi connectivity index (χ0n) is 19.7. The van der Waals surface area contributed by atoms with Gasteiger partial charge in [-0.25, -0.2) is 9.78 Å². The Bertz CT molecular complexity index is 1310. The summed E-state index contributed by atoms with van der Waals surface area (Å²) in [5.41, 5.74) is -0.363. The second-order valence-corrected chi connectivity index (χ2v) is 8.59. The van der Waals surface area contributed by atoms with Crippen LogP contribution in [0.5, 0.6) is 5.75 Å². The lowest BCUT2D eigenvalue weighted by Gasteiger charge is -2.12. The van der Waals surface area contributed by atoms with Gasteiger partial charge in [0.25, 0.3) is 5.56 Å². The van der Waals surface area contributed by atoms with Gasteiger partial charge in [0.05, 0.1) is 0 Å². The molecule has 2 aromatic heterocycles. The van der Waals surface area contributed by atoms with Gasteiger partial charge in [-0.05, 0) is 24.5 Å². The molecule has 0 saturated carbocycles. The number of ether oxygens (including phenoxy) is 1. The van der Waals surface area contributed by atoms with Crippen molar-refractivity contribution in [2.24, 2.45) is 5.92 Å². The maximum Gasteiger partial charge on any atom is 0.573 e. The molecular formula is C23H28F3N5O4. The van der Waals surface area contributed by atoms with E-state index < -0.39 is 29.3 Å². The number of unbranched alkanes of at least 4 members (excludes halogenated alkanes) is 1. The predicted octanol–water partition coefficient (Wildman–Crippen LogP) is 3.81. The number of carbonyl (C=O) groups excluding carboxylic acids is 1. The summed E-state index contributed by atoms with van der Waals surface area (Å²) in [6.45, 7) is 6.79. The van der Waals surface area contributed by atoms with Crippen LogP contribution in [0.4, 0.5) is 18.9 Å². The van der Waals surface area contributed by atoms with Crippen molar-refractivity contribution in [2.45, 2.75) is 65.9 Å². The molecule has 3 rings (SSSR count). The van der Waals surface area contributed by atoms with Gasteiger partial charge >= 0.3 is 12.1 Å². The van der Waals surface area contributed by atoms with Crippen LogP contribution in [0.2, 0.25) is 0 Å². The van der Waals surface area contributed by atoms with Crippen molar-refractivity contribution in [3.8, 4) is 5.75 Å². The molecule has 0 fully saturated rings. The van der Waals surface area contributed by atoms with Crippen LogP contribution in [0, 0.1) is 5.92 Å². The lowest BCUT2D eigenvalue weighted by atomic mass is 10.2. The maximum atomic E-state index is 12.7. The smallest absolute Gasteiger partial charge is 0.406 e. The second kappa shape index (κ2) is 10.8. The molecule has 9 nitrogen and oxygen atoms in total. The Morgan fingerprint density at radius 2 is 1.97 bits per heavy atom. The molecule has 12 heteroatoms. The third-order valence-corrected chi connectivity index (χ3v) is 5.17. The number of H-pyrrole nitrogens is 1. The van der Waals surface area contributed by atoms with Crippen molar-refractivity contribution in [3.63, 3.8) is 0 Å². The van der Waals surface area contributed by atoms with E-state index in [0.29, 0.717) is 18.9 Å². The van der Waals surface area contributed by atoms with Crippen molar-refractivity contribution in [2.75, 3.05) is 5.32 Å². The summed E-state index contributed by atoms with van der Waals surface area (Å²) in [7, 11) is 0. The predicted molar refractivity (Wildman–Crippen MR) is 124 cm³/mol. The molecule has 0 spiro atoms. The lowest BCUT2D eigenvalue weighted by Crippen LogP contribution is -2.31. The molecule has 35 heavy (non-hydrogen) atoms. The SMILES string of the molecule is CCCCn1c(=O)[nH]c(=O)c2c1nc(CCC(=O)Nc1cccc(OC(F)(F)F)c1)n2CC(C)C. The number of hydrogen-bond acceptors (Lipinski definition) is 5. The molecule has 0 saturated heterocycles. The van der Waals surface area contributed by atoms with Crippen LogP contribution < -0.4 is 21.3 Å². The normalized spacial score (nSPS) is 11.9. The Morgan fingerprint density at radius 1 is 1.23 bits per heavy atom. The van der Waals surface area contributed by atoms with Gasteiger partial charge in [-0.1, -0.05) is 33.3 Å². The van der Waals surface area contributed by atoms with E-state index in [4.69, 9.17) is 0 Å². The average molecular weight is 496 g/mol.